The van der Waals surface area contributed by atoms with Crippen molar-refractivity contribution in [2.45, 2.75) is 45.1 Å². The zero-order valence-electron chi connectivity index (χ0n) is 21.5. The number of rotatable bonds is 2. The maximum atomic E-state index is 13.2. The fourth-order valence-electron chi connectivity index (χ4n) is 4.92. The molecule has 2 aliphatic rings. The van der Waals surface area contributed by atoms with Crippen LogP contribution in [0.4, 0.5) is 5.69 Å². The molecule has 10 heteroatoms. The molecule has 1 fully saturated rings. The van der Waals surface area contributed by atoms with Crippen LogP contribution in [0.5, 0.6) is 0 Å². The van der Waals surface area contributed by atoms with E-state index in [2.05, 4.69) is 57.8 Å². The van der Waals surface area contributed by atoms with Gasteiger partial charge in [-0.15, -0.1) is 11.3 Å². The third kappa shape index (κ3) is 5.92. The molecule has 4 bridgehead atoms. The minimum Gasteiger partial charge on any atom is -0.381 e. The van der Waals surface area contributed by atoms with Crippen molar-refractivity contribution in [2.75, 3.05) is 45.2 Å². The molecule has 4 heterocycles. The van der Waals surface area contributed by atoms with E-state index in [4.69, 9.17) is 4.74 Å². The maximum absolute atomic E-state index is 13.2. The molecule has 0 radical (unpaired) electrons. The normalized spacial score (nSPS) is 18.4. The Bertz CT molecular complexity index is 1260. The lowest BCUT2D eigenvalue weighted by atomic mass is 9.98. The summed E-state index contributed by atoms with van der Waals surface area (Å²) in [5.41, 5.74) is 4.64. The van der Waals surface area contributed by atoms with E-state index in [1.54, 1.807) is 16.3 Å². The van der Waals surface area contributed by atoms with Gasteiger partial charge in [0.25, 0.3) is 11.8 Å². The van der Waals surface area contributed by atoms with E-state index in [0.717, 1.165) is 55.8 Å². The number of ether oxygens (including phenoxy) is 1. The van der Waals surface area contributed by atoms with Crippen molar-refractivity contribution in [3.8, 4) is 10.6 Å². The average molecular weight is 523 g/mol. The summed E-state index contributed by atoms with van der Waals surface area (Å²) in [7, 11) is 2.07. The number of hydrogen-bond acceptors (Lipinski definition) is 7. The molecule has 2 amide bonds. The molecule has 5 rings (SSSR count). The van der Waals surface area contributed by atoms with Crippen molar-refractivity contribution < 1.29 is 14.3 Å². The number of fused-ring (bicyclic) bond motifs is 6. The molecule has 2 aliphatic heterocycles. The van der Waals surface area contributed by atoms with E-state index >= 15 is 0 Å². The van der Waals surface area contributed by atoms with Gasteiger partial charge in [-0.1, -0.05) is 19.1 Å². The zero-order chi connectivity index (χ0) is 25.8. The first-order chi connectivity index (χ1) is 18.0. The Labute approximate surface area is 221 Å². The lowest BCUT2D eigenvalue weighted by molar-refractivity contribution is 0.0660. The zero-order valence-corrected chi connectivity index (χ0v) is 22.3. The number of amides is 2. The number of carbonyl (C=O) groups excluding carboxylic acids is 2. The second-order valence-corrected chi connectivity index (χ2v) is 10.6. The van der Waals surface area contributed by atoms with Crippen LogP contribution in [0.3, 0.4) is 0 Å². The predicted octanol–water partition coefficient (Wildman–Crippen LogP) is 3.78. The fraction of sp³-hybridized carbons (Fsp3) is 0.481. The second kappa shape index (κ2) is 11.5. The molecular formula is C27H34N6O3S. The number of anilines is 1. The molecular weight excluding hydrogens is 488 g/mol. The first-order valence-electron chi connectivity index (χ1n) is 13.0. The molecule has 37 heavy (non-hydrogen) atoms. The molecule has 196 valence electrons. The van der Waals surface area contributed by atoms with Gasteiger partial charge in [0, 0.05) is 43.4 Å². The molecule has 2 aromatic heterocycles. The third-order valence-electron chi connectivity index (χ3n) is 7.10. The smallest absolute Gasteiger partial charge is 0.275 e. The summed E-state index contributed by atoms with van der Waals surface area (Å²) in [6, 6.07) is 6.62. The van der Waals surface area contributed by atoms with Gasteiger partial charge in [0.15, 0.2) is 5.69 Å². The lowest BCUT2D eigenvalue weighted by Crippen LogP contribution is -2.34. The molecule has 2 N–H and O–H groups in total. The highest BCUT2D eigenvalue weighted by atomic mass is 32.1. The molecule has 9 nitrogen and oxygen atoms in total. The number of likely N-dealkylation sites (N-methyl/N-ethyl adjacent to an activating group) is 1. The van der Waals surface area contributed by atoms with Gasteiger partial charge in [-0.25, -0.2) is 4.98 Å². The van der Waals surface area contributed by atoms with E-state index in [-0.39, 0.29) is 23.6 Å². The van der Waals surface area contributed by atoms with Crippen molar-refractivity contribution >= 4 is 28.8 Å². The Morgan fingerprint density at radius 3 is 2.81 bits per heavy atom. The van der Waals surface area contributed by atoms with Gasteiger partial charge >= 0.3 is 0 Å². The van der Waals surface area contributed by atoms with Crippen molar-refractivity contribution in [2.24, 2.45) is 0 Å². The van der Waals surface area contributed by atoms with Crippen molar-refractivity contribution in [1.82, 2.24) is 25.0 Å². The Balaban J connectivity index is 1.47. The summed E-state index contributed by atoms with van der Waals surface area (Å²) < 4.78 is 7.27. The van der Waals surface area contributed by atoms with Gasteiger partial charge in [-0.05, 0) is 62.9 Å². The highest BCUT2D eigenvalue weighted by Gasteiger charge is 2.24. The van der Waals surface area contributed by atoms with E-state index in [1.807, 2.05) is 0 Å². The molecule has 1 aromatic carbocycles. The predicted molar refractivity (Wildman–Crippen MR) is 144 cm³/mol. The van der Waals surface area contributed by atoms with E-state index < -0.39 is 0 Å². The SMILES string of the molecule is CCc1ccc2cc1CCCN(C)CCNC(=O)c1nn(C3CCOCC3)cc1NC(=O)c1csc-2n1. The highest BCUT2D eigenvalue weighted by Crippen LogP contribution is 2.28. The molecule has 0 unspecified atom stereocenters. The minimum absolute atomic E-state index is 0.129. The first kappa shape index (κ1) is 25.6. The van der Waals surface area contributed by atoms with Gasteiger partial charge in [0.2, 0.25) is 0 Å². The van der Waals surface area contributed by atoms with Gasteiger partial charge in [-0.3, -0.25) is 14.3 Å². The Kier molecular flexibility index (Phi) is 7.97. The van der Waals surface area contributed by atoms with Crippen LogP contribution in [0, 0.1) is 0 Å². The maximum Gasteiger partial charge on any atom is 0.275 e. The number of thiazole rings is 1. The number of benzene rings is 1. The molecule has 3 aromatic rings. The van der Waals surface area contributed by atoms with Crippen LogP contribution in [-0.4, -0.2) is 71.4 Å². The van der Waals surface area contributed by atoms with Crippen LogP contribution in [0.2, 0.25) is 0 Å². The van der Waals surface area contributed by atoms with Crippen molar-refractivity contribution in [3.05, 3.63) is 52.3 Å². The van der Waals surface area contributed by atoms with Crippen LogP contribution in [0.1, 0.15) is 64.3 Å². The Morgan fingerprint density at radius 2 is 2.00 bits per heavy atom. The van der Waals surface area contributed by atoms with E-state index in [0.29, 0.717) is 31.1 Å². The van der Waals surface area contributed by atoms with Crippen molar-refractivity contribution in [1.29, 1.82) is 0 Å². The average Bonchev–Trinajstić information content (AvgIpc) is 3.57. The lowest BCUT2D eigenvalue weighted by Gasteiger charge is -2.22. The summed E-state index contributed by atoms with van der Waals surface area (Å²) in [6.07, 6.45) is 6.36. The number of nitrogens with zero attached hydrogens (tertiary/aromatic N) is 4. The number of nitrogens with one attached hydrogen (secondary N) is 2. The van der Waals surface area contributed by atoms with E-state index in [9.17, 15) is 9.59 Å². The molecule has 0 atom stereocenters. The first-order valence-corrected chi connectivity index (χ1v) is 13.9. The van der Waals surface area contributed by atoms with Crippen LogP contribution in [0.25, 0.3) is 10.6 Å². The number of carbonyl (C=O) groups is 2. The highest BCUT2D eigenvalue weighted by molar-refractivity contribution is 7.13. The number of aromatic nitrogens is 3. The number of hydrogen-bond donors (Lipinski definition) is 2. The van der Waals surface area contributed by atoms with Crippen LogP contribution in [-0.2, 0) is 17.6 Å². The second-order valence-electron chi connectivity index (χ2n) is 9.71. The quantitative estimate of drug-likeness (QED) is 0.531. The van der Waals surface area contributed by atoms with Gasteiger partial charge < -0.3 is 20.3 Å². The Morgan fingerprint density at radius 1 is 1.16 bits per heavy atom. The molecule has 1 saturated heterocycles. The molecule has 0 saturated carbocycles. The summed E-state index contributed by atoms with van der Waals surface area (Å²) in [5.74, 6) is -0.647. The molecule has 0 spiro atoms. The van der Waals surface area contributed by atoms with Crippen LogP contribution < -0.4 is 10.6 Å². The van der Waals surface area contributed by atoms with Gasteiger partial charge in [0.1, 0.15) is 10.7 Å². The molecule has 0 aliphatic carbocycles. The van der Waals surface area contributed by atoms with Gasteiger partial charge in [-0.2, -0.15) is 5.10 Å². The summed E-state index contributed by atoms with van der Waals surface area (Å²) in [5, 5.41) is 13.1. The topological polar surface area (TPSA) is 101 Å². The Hall–Kier alpha value is -3.08. The van der Waals surface area contributed by atoms with E-state index in [1.165, 1.54) is 22.5 Å². The minimum atomic E-state index is -0.352. The summed E-state index contributed by atoms with van der Waals surface area (Å²) >= 11 is 1.45. The third-order valence-corrected chi connectivity index (χ3v) is 7.99. The summed E-state index contributed by atoms with van der Waals surface area (Å²) in [4.78, 5) is 33.2. The van der Waals surface area contributed by atoms with Crippen LogP contribution in [0.15, 0.2) is 29.8 Å². The summed E-state index contributed by atoms with van der Waals surface area (Å²) in [6.45, 7) is 5.65. The van der Waals surface area contributed by atoms with Crippen molar-refractivity contribution in [3.63, 3.8) is 0 Å². The van der Waals surface area contributed by atoms with Gasteiger partial charge in [0.05, 0.1) is 11.7 Å². The standard InChI is InChI=1S/C27H34N6O3S/c1-3-18-6-7-20-15-19(18)5-4-11-32(2)12-10-28-26(35)24-22(29-25(34)23-17-37-27(20)30-23)16-33(31-24)21-8-13-36-14-9-21/h6-7,15-17,21H,3-5,8-14H2,1-2H3,(H,28,35)(H,29,34). The fourth-order valence-corrected chi connectivity index (χ4v) is 5.71. The largest absolute Gasteiger partial charge is 0.381 e. The van der Waals surface area contributed by atoms with Crippen LogP contribution >= 0.6 is 11.3 Å². The number of aryl methyl sites for hydroxylation is 2. The monoisotopic (exact) mass is 522 g/mol.